The molecule has 0 aromatic carbocycles. The van der Waals surface area contributed by atoms with Crippen LogP contribution in [0, 0.1) is 11.8 Å². The summed E-state index contributed by atoms with van der Waals surface area (Å²) in [5, 5.41) is 3.57. The fraction of sp³-hybridized carbons (Fsp3) is 1.00. The number of nitrogens with one attached hydrogen (secondary N) is 1. The highest BCUT2D eigenvalue weighted by Crippen LogP contribution is 2.27. The van der Waals surface area contributed by atoms with Crippen molar-refractivity contribution in [2.24, 2.45) is 17.6 Å². The van der Waals surface area contributed by atoms with E-state index in [1.54, 1.807) is 0 Å². The van der Waals surface area contributed by atoms with Crippen LogP contribution in [0.4, 0.5) is 0 Å². The smallest absolute Gasteiger partial charge is 0.0700 e. The standard InChI is InChI=1S/C13H26N2O/c14-8-11-3-5-12(6-4-11)9-15-10-13-2-1-7-16-13/h11-13,15H,1-10,14H2. The predicted molar refractivity (Wildman–Crippen MR) is 66.3 cm³/mol. The van der Waals surface area contributed by atoms with Gasteiger partial charge in [0.15, 0.2) is 0 Å². The Bertz CT molecular complexity index is 184. The van der Waals surface area contributed by atoms with Gasteiger partial charge < -0.3 is 15.8 Å². The van der Waals surface area contributed by atoms with Gasteiger partial charge in [-0.1, -0.05) is 0 Å². The Morgan fingerprint density at radius 3 is 2.38 bits per heavy atom. The molecule has 2 aliphatic rings. The van der Waals surface area contributed by atoms with Crippen molar-refractivity contribution in [2.45, 2.75) is 44.6 Å². The largest absolute Gasteiger partial charge is 0.377 e. The van der Waals surface area contributed by atoms with Gasteiger partial charge in [-0.25, -0.2) is 0 Å². The summed E-state index contributed by atoms with van der Waals surface area (Å²) in [6, 6.07) is 0. The van der Waals surface area contributed by atoms with Crippen molar-refractivity contribution in [2.75, 3.05) is 26.2 Å². The number of rotatable bonds is 5. The van der Waals surface area contributed by atoms with Crippen LogP contribution >= 0.6 is 0 Å². The molecule has 1 saturated heterocycles. The van der Waals surface area contributed by atoms with Crippen LogP contribution in [0.3, 0.4) is 0 Å². The second kappa shape index (κ2) is 6.58. The minimum atomic E-state index is 0.486. The van der Waals surface area contributed by atoms with E-state index in [0.717, 1.165) is 31.5 Å². The van der Waals surface area contributed by atoms with Gasteiger partial charge in [-0.2, -0.15) is 0 Å². The molecule has 1 aliphatic heterocycles. The molecule has 1 heterocycles. The summed E-state index contributed by atoms with van der Waals surface area (Å²) in [5.74, 6) is 1.68. The molecule has 3 nitrogen and oxygen atoms in total. The molecule has 1 saturated carbocycles. The van der Waals surface area contributed by atoms with E-state index in [2.05, 4.69) is 5.32 Å². The summed E-state index contributed by atoms with van der Waals surface area (Å²) < 4.78 is 5.60. The molecule has 2 fully saturated rings. The van der Waals surface area contributed by atoms with E-state index in [4.69, 9.17) is 10.5 Å². The molecule has 1 atom stereocenters. The van der Waals surface area contributed by atoms with Crippen LogP contribution in [0.1, 0.15) is 38.5 Å². The Hall–Kier alpha value is -0.120. The van der Waals surface area contributed by atoms with Crippen molar-refractivity contribution in [1.29, 1.82) is 0 Å². The molecule has 0 bridgehead atoms. The molecule has 16 heavy (non-hydrogen) atoms. The third-order valence-corrected chi connectivity index (χ3v) is 4.13. The van der Waals surface area contributed by atoms with Crippen molar-refractivity contribution in [3.05, 3.63) is 0 Å². The van der Waals surface area contributed by atoms with Crippen LogP contribution in [-0.2, 0) is 4.74 Å². The van der Waals surface area contributed by atoms with Gasteiger partial charge in [0.1, 0.15) is 0 Å². The summed E-state index contributed by atoms with van der Waals surface area (Å²) in [6.07, 6.45) is 8.37. The summed E-state index contributed by atoms with van der Waals surface area (Å²) >= 11 is 0. The molecule has 0 aromatic heterocycles. The third-order valence-electron chi connectivity index (χ3n) is 4.13. The monoisotopic (exact) mass is 226 g/mol. The molecule has 2 rings (SSSR count). The molecule has 0 radical (unpaired) electrons. The molecular formula is C13H26N2O. The second-order valence-corrected chi connectivity index (χ2v) is 5.42. The Labute approximate surface area is 99.1 Å². The molecule has 3 heteroatoms. The van der Waals surface area contributed by atoms with Crippen molar-refractivity contribution >= 4 is 0 Å². The first-order valence-electron chi connectivity index (χ1n) is 6.91. The van der Waals surface area contributed by atoms with Crippen LogP contribution in [0.25, 0.3) is 0 Å². The maximum absolute atomic E-state index is 5.70. The molecule has 1 aliphatic carbocycles. The van der Waals surface area contributed by atoms with E-state index < -0.39 is 0 Å². The van der Waals surface area contributed by atoms with Gasteiger partial charge in [0.2, 0.25) is 0 Å². The van der Waals surface area contributed by atoms with E-state index in [1.165, 1.54) is 45.1 Å². The highest BCUT2D eigenvalue weighted by molar-refractivity contribution is 4.75. The maximum atomic E-state index is 5.70. The first-order valence-corrected chi connectivity index (χ1v) is 6.91. The van der Waals surface area contributed by atoms with Crippen LogP contribution in [-0.4, -0.2) is 32.3 Å². The zero-order chi connectivity index (χ0) is 11.2. The topological polar surface area (TPSA) is 47.3 Å². The van der Waals surface area contributed by atoms with E-state index in [9.17, 15) is 0 Å². The average molecular weight is 226 g/mol. The quantitative estimate of drug-likeness (QED) is 0.747. The summed E-state index contributed by atoms with van der Waals surface area (Å²) in [5.41, 5.74) is 5.70. The lowest BCUT2D eigenvalue weighted by atomic mass is 9.82. The molecule has 0 aromatic rings. The van der Waals surface area contributed by atoms with Crippen molar-refractivity contribution in [1.82, 2.24) is 5.32 Å². The van der Waals surface area contributed by atoms with Crippen molar-refractivity contribution in [3.8, 4) is 0 Å². The summed E-state index contributed by atoms with van der Waals surface area (Å²) in [4.78, 5) is 0. The number of hydrogen-bond acceptors (Lipinski definition) is 3. The minimum absolute atomic E-state index is 0.486. The van der Waals surface area contributed by atoms with Crippen molar-refractivity contribution in [3.63, 3.8) is 0 Å². The van der Waals surface area contributed by atoms with Gasteiger partial charge in [0.25, 0.3) is 0 Å². The second-order valence-electron chi connectivity index (χ2n) is 5.42. The SMILES string of the molecule is NCC1CCC(CNCC2CCCO2)CC1. The molecule has 3 N–H and O–H groups in total. The Balaban J connectivity index is 1.53. The Morgan fingerprint density at radius 1 is 1.00 bits per heavy atom. The highest BCUT2D eigenvalue weighted by Gasteiger charge is 2.20. The van der Waals surface area contributed by atoms with Gasteiger partial charge in [-0.05, 0) is 63.5 Å². The molecule has 94 valence electrons. The maximum Gasteiger partial charge on any atom is 0.0700 e. The van der Waals surface area contributed by atoms with E-state index in [1.807, 2.05) is 0 Å². The van der Waals surface area contributed by atoms with Crippen LogP contribution in [0.15, 0.2) is 0 Å². The minimum Gasteiger partial charge on any atom is -0.377 e. The van der Waals surface area contributed by atoms with E-state index in [-0.39, 0.29) is 0 Å². The van der Waals surface area contributed by atoms with Gasteiger partial charge in [-0.15, -0.1) is 0 Å². The lowest BCUT2D eigenvalue weighted by Crippen LogP contribution is -2.33. The molecule has 0 spiro atoms. The molecular weight excluding hydrogens is 200 g/mol. The van der Waals surface area contributed by atoms with Crippen molar-refractivity contribution < 1.29 is 4.74 Å². The van der Waals surface area contributed by atoms with Crippen LogP contribution in [0.5, 0.6) is 0 Å². The summed E-state index contributed by atoms with van der Waals surface area (Å²) in [7, 11) is 0. The number of hydrogen-bond donors (Lipinski definition) is 2. The van der Waals surface area contributed by atoms with Crippen LogP contribution < -0.4 is 11.1 Å². The Kier molecular flexibility index (Phi) is 5.07. The first kappa shape index (κ1) is 12.3. The van der Waals surface area contributed by atoms with Gasteiger partial charge in [-0.3, -0.25) is 0 Å². The number of nitrogens with two attached hydrogens (primary N) is 1. The fourth-order valence-electron chi connectivity index (χ4n) is 2.93. The van der Waals surface area contributed by atoms with Crippen LogP contribution in [0.2, 0.25) is 0 Å². The van der Waals surface area contributed by atoms with Gasteiger partial charge in [0.05, 0.1) is 6.10 Å². The zero-order valence-electron chi connectivity index (χ0n) is 10.3. The lowest BCUT2D eigenvalue weighted by molar-refractivity contribution is 0.108. The predicted octanol–water partition coefficient (Wildman–Crippen LogP) is 1.52. The fourth-order valence-corrected chi connectivity index (χ4v) is 2.93. The number of ether oxygens (including phenoxy) is 1. The van der Waals surface area contributed by atoms with E-state index >= 15 is 0 Å². The van der Waals surface area contributed by atoms with Gasteiger partial charge in [0, 0.05) is 13.2 Å². The summed E-state index contributed by atoms with van der Waals surface area (Å²) in [6.45, 7) is 4.08. The zero-order valence-corrected chi connectivity index (χ0v) is 10.3. The third kappa shape index (κ3) is 3.72. The van der Waals surface area contributed by atoms with E-state index in [0.29, 0.717) is 6.10 Å². The normalized spacial score (nSPS) is 35.4. The molecule has 1 unspecified atom stereocenters. The molecule has 0 amide bonds. The first-order chi connectivity index (χ1) is 7.88. The Morgan fingerprint density at radius 2 is 1.75 bits per heavy atom. The highest BCUT2D eigenvalue weighted by atomic mass is 16.5. The lowest BCUT2D eigenvalue weighted by Gasteiger charge is -2.28. The van der Waals surface area contributed by atoms with Gasteiger partial charge >= 0.3 is 0 Å². The average Bonchev–Trinajstić information content (AvgIpc) is 2.83.